The minimum absolute atomic E-state index is 0.159. The van der Waals surface area contributed by atoms with Crippen molar-refractivity contribution in [2.75, 3.05) is 18.5 Å². The van der Waals surface area contributed by atoms with Gasteiger partial charge in [0.1, 0.15) is 11.9 Å². The Morgan fingerprint density at radius 3 is 2.20 bits per heavy atom. The highest BCUT2D eigenvalue weighted by molar-refractivity contribution is 5.96. The SMILES string of the molecule is CC1=CN(C(=O)Nc2cccc([N+]3(C4CCCCO4)N=Cc4cc(-c5ncn(C(c6ccccc6)(c6ccccc6)c6ccccc6)n5)ccc43)c2)CC=C1. The molecule has 1 N–H and O–H groups in total. The average molecular weight is 725 g/mol. The first kappa shape index (κ1) is 34.4. The van der Waals surface area contributed by atoms with Crippen LogP contribution < -0.4 is 9.91 Å². The molecule has 9 heteroatoms. The van der Waals surface area contributed by atoms with Crippen LogP contribution in [0.25, 0.3) is 11.4 Å². The quantitative estimate of drug-likeness (QED) is 0.125. The first-order valence-electron chi connectivity index (χ1n) is 18.9. The molecule has 1 aromatic heterocycles. The number of nitrogens with zero attached hydrogens (tertiary/aromatic N) is 6. The molecule has 0 radical (unpaired) electrons. The van der Waals surface area contributed by atoms with Gasteiger partial charge < -0.3 is 10.1 Å². The topological polar surface area (TPSA) is 84.6 Å². The molecule has 1 saturated heterocycles. The van der Waals surface area contributed by atoms with Crippen LogP contribution in [0.2, 0.25) is 0 Å². The van der Waals surface area contributed by atoms with E-state index in [0.29, 0.717) is 24.7 Å². The fourth-order valence-electron chi connectivity index (χ4n) is 8.26. The van der Waals surface area contributed by atoms with Crippen molar-refractivity contribution in [1.82, 2.24) is 24.3 Å². The smallest absolute Gasteiger partial charge is 0.326 e. The summed E-state index contributed by atoms with van der Waals surface area (Å²) in [5.41, 5.74) is 7.98. The van der Waals surface area contributed by atoms with Crippen LogP contribution in [0.3, 0.4) is 0 Å². The third-order valence-corrected chi connectivity index (χ3v) is 10.8. The van der Waals surface area contributed by atoms with Gasteiger partial charge in [0.05, 0.1) is 18.4 Å². The Bertz CT molecular complexity index is 2320. The number of ether oxygens (including phenoxy) is 1. The number of anilines is 1. The van der Waals surface area contributed by atoms with Gasteiger partial charge in [0, 0.05) is 48.6 Å². The van der Waals surface area contributed by atoms with Gasteiger partial charge in [-0.3, -0.25) is 4.90 Å². The molecule has 2 amide bonds. The van der Waals surface area contributed by atoms with Crippen molar-refractivity contribution in [1.29, 1.82) is 0 Å². The number of hydrogen-bond acceptors (Lipinski definition) is 5. The lowest BCUT2D eigenvalue weighted by atomic mass is 9.77. The molecule has 0 saturated carbocycles. The molecular weight excluding hydrogens is 683 g/mol. The van der Waals surface area contributed by atoms with E-state index in [1.165, 1.54) is 0 Å². The van der Waals surface area contributed by atoms with E-state index in [2.05, 4.69) is 102 Å². The maximum atomic E-state index is 13.3. The number of amides is 2. The molecule has 272 valence electrons. The normalized spacial score (nSPS) is 19.2. The zero-order chi connectivity index (χ0) is 37.2. The van der Waals surface area contributed by atoms with Crippen molar-refractivity contribution >= 4 is 29.3 Å². The molecule has 9 rings (SSSR count). The van der Waals surface area contributed by atoms with Crippen LogP contribution in [0.4, 0.5) is 21.9 Å². The van der Waals surface area contributed by atoms with Crippen LogP contribution in [-0.2, 0) is 10.3 Å². The Morgan fingerprint density at radius 1 is 0.836 bits per heavy atom. The summed E-state index contributed by atoms with van der Waals surface area (Å²) in [4.78, 5) is 19.9. The number of rotatable bonds is 8. The van der Waals surface area contributed by atoms with Crippen LogP contribution in [-0.4, -0.2) is 51.3 Å². The number of hydrogen-bond donors (Lipinski definition) is 1. The molecule has 9 nitrogen and oxygen atoms in total. The second kappa shape index (κ2) is 14.4. The van der Waals surface area contributed by atoms with E-state index < -0.39 is 5.54 Å². The predicted octanol–water partition coefficient (Wildman–Crippen LogP) is 9.61. The second-order valence-corrected chi connectivity index (χ2v) is 14.3. The highest BCUT2D eigenvalue weighted by Gasteiger charge is 2.49. The highest BCUT2D eigenvalue weighted by Crippen LogP contribution is 2.47. The van der Waals surface area contributed by atoms with E-state index in [-0.39, 0.29) is 16.9 Å². The summed E-state index contributed by atoms with van der Waals surface area (Å²) in [5.74, 6) is 0.615. The second-order valence-electron chi connectivity index (χ2n) is 14.3. The maximum Gasteiger partial charge on any atom is 0.326 e. The summed E-state index contributed by atoms with van der Waals surface area (Å²) in [6.45, 7) is 3.18. The Balaban J connectivity index is 1.11. The molecule has 0 bridgehead atoms. The van der Waals surface area contributed by atoms with E-state index in [4.69, 9.17) is 19.9 Å². The van der Waals surface area contributed by atoms with Gasteiger partial charge in [-0.25, -0.2) is 14.5 Å². The molecule has 0 spiro atoms. The number of carbonyl (C=O) groups excluding carboxylic acids is 1. The summed E-state index contributed by atoms with van der Waals surface area (Å²) in [7, 11) is 0. The average Bonchev–Trinajstić information content (AvgIpc) is 3.89. The zero-order valence-electron chi connectivity index (χ0n) is 30.7. The van der Waals surface area contributed by atoms with Gasteiger partial charge in [-0.15, -0.1) is 9.69 Å². The van der Waals surface area contributed by atoms with Crippen LogP contribution in [0, 0.1) is 0 Å². The first-order chi connectivity index (χ1) is 27.1. The molecular formula is C46H42N7O2+. The third-order valence-electron chi connectivity index (χ3n) is 10.8. The van der Waals surface area contributed by atoms with E-state index in [1.54, 1.807) is 4.90 Å². The summed E-state index contributed by atoms with van der Waals surface area (Å²) < 4.78 is 8.66. The van der Waals surface area contributed by atoms with E-state index in [0.717, 1.165) is 64.0 Å². The van der Waals surface area contributed by atoms with Crippen LogP contribution in [0.15, 0.2) is 169 Å². The Labute approximate surface area is 321 Å². The molecule has 1 fully saturated rings. The number of benzene rings is 5. The molecule has 6 aromatic rings. The number of aromatic nitrogens is 3. The molecule has 4 heterocycles. The van der Waals surface area contributed by atoms with Crippen LogP contribution >= 0.6 is 0 Å². The highest BCUT2D eigenvalue weighted by atomic mass is 16.5. The summed E-state index contributed by atoms with van der Waals surface area (Å²) in [6, 6.07) is 45.6. The Hall–Kier alpha value is -6.42. The van der Waals surface area contributed by atoms with Crippen LogP contribution in [0.5, 0.6) is 0 Å². The minimum Gasteiger partial charge on any atom is -0.327 e. The molecule has 5 aromatic carbocycles. The largest absolute Gasteiger partial charge is 0.327 e. The summed E-state index contributed by atoms with van der Waals surface area (Å²) in [5, 5.41) is 13.6. The number of fused-ring (bicyclic) bond motifs is 1. The number of carbonyl (C=O) groups is 1. The minimum atomic E-state index is -0.766. The van der Waals surface area contributed by atoms with Gasteiger partial charge in [0.25, 0.3) is 0 Å². The zero-order valence-corrected chi connectivity index (χ0v) is 30.7. The lowest BCUT2D eigenvalue weighted by molar-refractivity contribution is -0.0569. The van der Waals surface area contributed by atoms with Gasteiger partial charge in [-0.05, 0) is 60.2 Å². The molecule has 3 aliphatic rings. The van der Waals surface area contributed by atoms with Crippen LogP contribution in [0.1, 0.15) is 48.4 Å². The van der Waals surface area contributed by atoms with Gasteiger partial charge in [-0.1, -0.05) is 114 Å². The van der Waals surface area contributed by atoms with Crippen molar-refractivity contribution < 1.29 is 9.53 Å². The summed E-state index contributed by atoms with van der Waals surface area (Å²) in [6.07, 6.45) is 12.4. The van der Waals surface area contributed by atoms with E-state index in [9.17, 15) is 4.79 Å². The van der Waals surface area contributed by atoms with Crippen molar-refractivity contribution in [3.8, 4) is 11.4 Å². The third kappa shape index (κ3) is 6.07. The van der Waals surface area contributed by atoms with Gasteiger partial charge in [-0.2, -0.15) is 0 Å². The monoisotopic (exact) mass is 724 g/mol. The standard InChI is InChI=1S/C46H41N7O2/c1-34-15-14-27-51(32-34)45(54)49-40-22-13-23-41(30-40)53(43-24-11-12-28-55-43)42-26-25-35(29-36(42)31-48-53)44-47-33-52(50-44)46(37-16-5-2-6-17-37,38-18-7-3-8-19-38)39-20-9-4-10-21-39/h2-10,13-23,25-26,29-33,43H,11-12,24,27-28H2,1H3/p+1. The van der Waals surface area contributed by atoms with Crippen molar-refractivity contribution in [3.63, 3.8) is 0 Å². The molecule has 55 heavy (non-hydrogen) atoms. The van der Waals surface area contributed by atoms with Crippen molar-refractivity contribution in [3.05, 3.63) is 186 Å². The van der Waals surface area contributed by atoms with E-state index in [1.807, 2.05) is 78.9 Å². The van der Waals surface area contributed by atoms with Crippen molar-refractivity contribution in [2.24, 2.45) is 5.10 Å². The molecule has 0 aliphatic carbocycles. The lowest BCUT2D eigenvalue weighted by Gasteiger charge is -2.38. The fraction of sp³-hybridized carbons (Fsp3) is 0.174. The number of quaternary nitrogens is 1. The first-order valence-corrected chi connectivity index (χ1v) is 18.9. The fourth-order valence-corrected chi connectivity index (χ4v) is 8.26. The predicted molar refractivity (Wildman–Crippen MR) is 218 cm³/mol. The summed E-state index contributed by atoms with van der Waals surface area (Å²) >= 11 is 0. The Morgan fingerprint density at radius 2 is 1.55 bits per heavy atom. The molecule has 2 unspecified atom stereocenters. The van der Waals surface area contributed by atoms with Gasteiger partial charge >= 0.3 is 6.03 Å². The maximum absolute atomic E-state index is 13.3. The number of nitrogens with one attached hydrogen (secondary N) is 1. The van der Waals surface area contributed by atoms with Crippen molar-refractivity contribution in [2.45, 2.75) is 38.0 Å². The van der Waals surface area contributed by atoms with Gasteiger partial charge in [0.2, 0.25) is 6.23 Å². The molecule has 3 aliphatic heterocycles. The molecule has 2 atom stereocenters. The van der Waals surface area contributed by atoms with E-state index >= 15 is 0 Å². The Kier molecular flexibility index (Phi) is 9.01. The number of allylic oxidation sites excluding steroid dienone is 2. The lowest BCUT2D eigenvalue weighted by Crippen LogP contribution is -2.50. The van der Waals surface area contributed by atoms with Gasteiger partial charge in [0.15, 0.2) is 17.2 Å². The number of urea groups is 1.